The molecule has 2 aliphatic rings. The molecule has 0 N–H and O–H groups in total. The Hall–Kier alpha value is -0.225. The van der Waals surface area contributed by atoms with Gasteiger partial charge in [0.25, 0.3) is 0 Å². The molecule has 1 fully saturated rings. The molecule has 3 atom stereocenters. The minimum Gasteiger partial charge on any atom is -1.00 e. The normalized spacial score (nSPS) is 26.3. The van der Waals surface area contributed by atoms with Crippen molar-refractivity contribution in [2.24, 2.45) is 0 Å². The van der Waals surface area contributed by atoms with Crippen molar-refractivity contribution in [3.8, 4) is 0 Å². The van der Waals surface area contributed by atoms with Gasteiger partial charge in [0.05, 0.1) is 12.6 Å². The number of nitrogens with zero attached hydrogens (tertiary/aromatic N) is 1. The van der Waals surface area contributed by atoms with Gasteiger partial charge < -0.3 is 21.7 Å². The Morgan fingerprint density at radius 2 is 1.68 bits per heavy atom. The number of hydrogen-bond acceptors (Lipinski definition) is 2. The summed E-state index contributed by atoms with van der Waals surface area (Å²) in [6.45, 7) is 5.11. The summed E-state index contributed by atoms with van der Waals surface area (Å²) < 4.78 is 6.11. The molecule has 0 spiro atoms. The van der Waals surface area contributed by atoms with Gasteiger partial charge in [-0.15, -0.1) is 0 Å². The van der Waals surface area contributed by atoms with Crippen LogP contribution in [0.5, 0.6) is 0 Å². The van der Waals surface area contributed by atoms with E-state index in [2.05, 4.69) is 66.4 Å². The first-order chi connectivity index (χ1) is 9.84. The zero-order chi connectivity index (χ0) is 13.5. The second-order valence-corrected chi connectivity index (χ2v) is 5.62. The van der Waals surface area contributed by atoms with Crippen LogP contribution in [0.2, 0.25) is 0 Å². The molecule has 4 rings (SSSR count). The van der Waals surface area contributed by atoms with Gasteiger partial charge in [-0.2, -0.15) is 0 Å². The number of fused-ring (bicyclic) bond motifs is 3. The first kappa shape index (κ1) is 18.1. The third-order valence-corrected chi connectivity index (χ3v) is 4.43. The zero-order valence-corrected chi connectivity index (χ0v) is 19.6. The zero-order valence-electron chi connectivity index (χ0n) is 12.5. The fourth-order valence-corrected chi connectivity index (χ4v) is 3.48. The van der Waals surface area contributed by atoms with E-state index < -0.39 is 0 Å². The van der Waals surface area contributed by atoms with Crippen LogP contribution in [-0.2, 0) is 38.8 Å². The Morgan fingerprint density at radius 3 is 2.45 bits per heavy atom. The van der Waals surface area contributed by atoms with Crippen LogP contribution in [0.1, 0.15) is 29.0 Å². The smallest absolute Gasteiger partial charge is 1.00 e. The summed E-state index contributed by atoms with van der Waals surface area (Å²) in [6, 6.07) is 19.8. The molecule has 2 aromatic rings. The van der Waals surface area contributed by atoms with Crippen LogP contribution in [0.3, 0.4) is 0 Å². The standard InChI is InChI=1S/C18H18NO.BrH.Hg/c1-13-11-15-9-5-6-10-16(15)18-19(13)17(12-20-18)14-7-3-2-4-8-14;;/h2-10,13,17-18H,1,11-12H2;1H;/q;;+1/p-1/t13-,17-,18?;;/m1../s1. The quantitative estimate of drug-likeness (QED) is 0.486. The molecule has 0 amide bonds. The molecule has 0 aromatic heterocycles. The minimum absolute atomic E-state index is 0. The van der Waals surface area contributed by atoms with Gasteiger partial charge >= 0.3 is 27.7 Å². The summed E-state index contributed by atoms with van der Waals surface area (Å²) >= 11 is 0. The van der Waals surface area contributed by atoms with Gasteiger partial charge in [-0.25, -0.2) is 0 Å². The van der Waals surface area contributed by atoms with Gasteiger partial charge in [0.1, 0.15) is 6.23 Å². The van der Waals surface area contributed by atoms with Crippen molar-refractivity contribution in [3.05, 3.63) is 78.2 Å². The summed E-state index contributed by atoms with van der Waals surface area (Å²) in [6.07, 6.45) is 1.06. The Kier molecular flexibility index (Phi) is 6.23. The molecule has 4 heteroatoms. The van der Waals surface area contributed by atoms with Crippen molar-refractivity contribution in [2.75, 3.05) is 6.61 Å². The van der Waals surface area contributed by atoms with Crippen LogP contribution >= 0.6 is 0 Å². The van der Waals surface area contributed by atoms with Crippen molar-refractivity contribution in [1.29, 1.82) is 0 Å². The van der Waals surface area contributed by atoms with Crippen molar-refractivity contribution in [3.63, 3.8) is 0 Å². The van der Waals surface area contributed by atoms with Crippen LogP contribution in [0.15, 0.2) is 54.6 Å². The van der Waals surface area contributed by atoms with E-state index >= 15 is 0 Å². The van der Waals surface area contributed by atoms with Crippen LogP contribution < -0.4 is 17.0 Å². The molecule has 0 aliphatic carbocycles. The summed E-state index contributed by atoms with van der Waals surface area (Å²) in [5, 5.41) is 0. The van der Waals surface area contributed by atoms with Crippen molar-refractivity contribution < 1.29 is 49.4 Å². The number of rotatable bonds is 1. The fraction of sp³-hybridized carbons (Fsp3) is 0.278. The van der Waals surface area contributed by atoms with Gasteiger partial charge in [0.15, 0.2) is 0 Å². The third-order valence-electron chi connectivity index (χ3n) is 4.43. The Balaban J connectivity index is 0.000000882. The summed E-state index contributed by atoms with van der Waals surface area (Å²) in [5.74, 6) is 0. The van der Waals surface area contributed by atoms with Crippen molar-refractivity contribution >= 4 is 0 Å². The SMILES string of the molecule is [Br-].[CH2][C@@H]1Cc2ccccc2C2OC[C@H](c3ccccc3)N21.[Hg+]. The largest absolute Gasteiger partial charge is 1.00 e. The maximum atomic E-state index is 6.11. The number of ether oxygens (including phenoxy) is 1. The van der Waals surface area contributed by atoms with E-state index in [-0.39, 0.29) is 56.9 Å². The number of hydrogen-bond donors (Lipinski definition) is 0. The van der Waals surface area contributed by atoms with Gasteiger partial charge in [0.2, 0.25) is 0 Å². The average Bonchev–Trinajstić information content (AvgIpc) is 2.94. The summed E-state index contributed by atoms with van der Waals surface area (Å²) in [4.78, 5) is 2.43. The summed E-state index contributed by atoms with van der Waals surface area (Å²) in [7, 11) is 0. The van der Waals surface area contributed by atoms with Crippen LogP contribution in [0, 0.1) is 6.92 Å². The van der Waals surface area contributed by atoms with Gasteiger partial charge in [-0.05, 0) is 30.0 Å². The van der Waals surface area contributed by atoms with E-state index in [1.165, 1.54) is 16.7 Å². The molecule has 2 heterocycles. The van der Waals surface area contributed by atoms with E-state index in [1.54, 1.807) is 0 Å². The maximum absolute atomic E-state index is 6.11. The molecule has 0 saturated carbocycles. The Labute approximate surface area is 163 Å². The molecule has 2 aliphatic heterocycles. The van der Waals surface area contributed by atoms with Gasteiger partial charge in [0, 0.05) is 6.04 Å². The first-order valence-corrected chi connectivity index (χ1v) is 7.19. The average molecular weight is 545 g/mol. The molecule has 2 nitrogen and oxygen atoms in total. The number of benzene rings is 2. The van der Waals surface area contributed by atoms with E-state index in [1.807, 2.05) is 0 Å². The van der Waals surface area contributed by atoms with Gasteiger partial charge in [-0.3, -0.25) is 4.90 Å². The maximum Gasteiger partial charge on any atom is 1.00 e. The predicted molar refractivity (Wildman–Crippen MR) is 79.0 cm³/mol. The molecule has 22 heavy (non-hydrogen) atoms. The molecule has 1 unspecified atom stereocenters. The molecule has 2 radical (unpaired) electrons. The molecule has 0 bridgehead atoms. The van der Waals surface area contributed by atoms with Crippen LogP contribution in [-0.4, -0.2) is 17.5 Å². The van der Waals surface area contributed by atoms with E-state index in [9.17, 15) is 0 Å². The first-order valence-electron chi connectivity index (χ1n) is 7.19. The second-order valence-electron chi connectivity index (χ2n) is 5.62. The summed E-state index contributed by atoms with van der Waals surface area (Å²) in [5.41, 5.74) is 4.01. The Bertz CT molecular complexity index is 621. The van der Waals surface area contributed by atoms with Crippen molar-refractivity contribution in [1.82, 2.24) is 4.90 Å². The number of halogens is 1. The molecular weight excluding hydrogens is 527 g/mol. The molecule has 1 saturated heterocycles. The topological polar surface area (TPSA) is 12.5 Å². The minimum atomic E-state index is 0. The molecule has 2 aromatic carbocycles. The third kappa shape index (κ3) is 3.05. The second kappa shape index (κ2) is 7.56. The van der Waals surface area contributed by atoms with Crippen molar-refractivity contribution in [2.45, 2.75) is 24.7 Å². The van der Waals surface area contributed by atoms with Gasteiger partial charge in [-0.1, -0.05) is 54.6 Å². The predicted octanol–water partition coefficient (Wildman–Crippen LogP) is 0.519. The molecular formula is C18H18BrHgNO. The fourth-order valence-electron chi connectivity index (χ4n) is 3.48. The van der Waals surface area contributed by atoms with Crippen LogP contribution in [0.25, 0.3) is 0 Å². The van der Waals surface area contributed by atoms with E-state index in [0.717, 1.165) is 13.0 Å². The van der Waals surface area contributed by atoms with E-state index in [0.29, 0.717) is 6.04 Å². The molecule has 110 valence electrons. The van der Waals surface area contributed by atoms with E-state index in [4.69, 9.17) is 4.74 Å². The Morgan fingerprint density at radius 1 is 1.00 bits per heavy atom. The van der Waals surface area contributed by atoms with Crippen LogP contribution in [0.4, 0.5) is 0 Å². The monoisotopic (exact) mass is 545 g/mol.